The first-order valence-corrected chi connectivity index (χ1v) is 11.0. The Kier molecular flexibility index (Phi) is 4.93. The zero-order chi connectivity index (χ0) is 21.4. The second kappa shape index (κ2) is 7.76. The van der Waals surface area contributed by atoms with Crippen molar-refractivity contribution in [1.29, 1.82) is 0 Å². The molecule has 0 radical (unpaired) electrons. The Labute approximate surface area is 183 Å². The van der Waals surface area contributed by atoms with Gasteiger partial charge in [-0.05, 0) is 38.0 Å². The molecule has 5 rings (SSSR count). The molecule has 1 aromatic heterocycles. The number of para-hydroxylation sites is 1. The molecule has 6 heteroatoms. The SMILES string of the molecule is CC1(C)CC(c2ccccc2)Nc2c(C(=O)N3CCN(c4ccccc4)CC3)cnn21. The van der Waals surface area contributed by atoms with Crippen molar-refractivity contribution in [3.8, 4) is 0 Å². The van der Waals surface area contributed by atoms with Crippen molar-refractivity contribution in [2.24, 2.45) is 0 Å². The molecule has 1 saturated heterocycles. The summed E-state index contributed by atoms with van der Waals surface area (Å²) in [5, 5.41) is 8.23. The molecule has 2 aliphatic rings. The third-order valence-electron chi connectivity index (χ3n) is 6.48. The minimum atomic E-state index is -0.175. The van der Waals surface area contributed by atoms with E-state index in [0.717, 1.165) is 25.3 Å². The molecule has 0 saturated carbocycles. The van der Waals surface area contributed by atoms with Gasteiger partial charge in [0, 0.05) is 31.9 Å². The highest BCUT2D eigenvalue weighted by Crippen LogP contribution is 2.40. The minimum absolute atomic E-state index is 0.0611. The fraction of sp³-hybridized carbons (Fsp3) is 0.360. The third kappa shape index (κ3) is 3.67. The van der Waals surface area contributed by atoms with Crippen molar-refractivity contribution in [1.82, 2.24) is 14.7 Å². The van der Waals surface area contributed by atoms with Crippen LogP contribution in [0.25, 0.3) is 0 Å². The Bertz CT molecular complexity index is 1050. The van der Waals surface area contributed by atoms with Gasteiger partial charge < -0.3 is 15.1 Å². The van der Waals surface area contributed by atoms with Gasteiger partial charge in [0.05, 0.1) is 17.8 Å². The summed E-state index contributed by atoms with van der Waals surface area (Å²) >= 11 is 0. The largest absolute Gasteiger partial charge is 0.368 e. The molecule has 160 valence electrons. The maximum absolute atomic E-state index is 13.4. The number of carbonyl (C=O) groups is 1. The highest BCUT2D eigenvalue weighted by molar-refractivity contribution is 5.99. The summed E-state index contributed by atoms with van der Waals surface area (Å²) in [5.74, 6) is 0.895. The molecule has 0 aliphatic carbocycles. The Morgan fingerprint density at radius 2 is 1.61 bits per heavy atom. The van der Waals surface area contributed by atoms with Crippen molar-refractivity contribution in [2.75, 3.05) is 36.4 Å². The molecule has 3 heterocycles. The molecule has 6 nitrogen and oxygen atoms in total. The van der Waals surface area contributed by atoms with Gasteiger partial charge in [0.2, 0.25) is 0 Å². The van der Waals surface area contributed by atoms with Gasteiger partial charge in [-0.3, -0.25) is 4.79 Å². The predicted molar refractivity (Wildman–Crippen MR) is 124 cm³/mol. The lowest BCUT2D eigenvalue weighted by molar-refractivity contribution is 0.0747. The number of hydrogen-bond donors (Lipinski definition) is 1. The van der Waals surface area contributed by atoms with Crippen LogP contribution < -0.4 is 10.2 Å². The zero-order valence-corrected chi connectivity index (χ0v) is 18.2. The zero-order valence-electron chi connectivity index (χ0n) is 18.2. The van der Waals surface area contributed by atoms with Crippen LogP contribution >= 0.6 is 0 Å². The number of nitrogens with zero attached hydrogens (tertiary/aromatic N) is 4. The van der Waals surface area contributed by atoms with Gasteiger partial charge in [0.25, 0.3) is 5.91 Å². The molecule has 2 aromatic carbocycles. The number of hydrogen-bond acceptors (Lipinski definition) is 4. The first-order valence-electron chi connectivity index (χ1n) is 11.0. The lowest BCUT2D eigenvalue weighted by atomic mass is 9.89. The molecule has 1 amide bonds. The highest BCUT2D eigenvalue weighted by atomic mass is 16.2. The number of amides is 1. The molecule has 1 atom stereocenters. The van der Waals surface area contributed by atoms with E-state index in [9.17, 15) is 4.79 Å². The van der Waals surface area contributed by atoms with E-state index >= 15 is 0 Å². The van der Waals surface area contributed by atoms with Crippen molar-refractivity contribution in [3.05, 3.63) is 78.0 Å². The third-order valence-corrected chi connectivity index (χ3v) is 6.48. The van der Waals surface area contributed by atoms with E-state index in [2.05, 4.69) is 77.7 Å². The fourth-order valence-corrected chi connectivity index (χ4v) is 4.77. The highest BCUT2D eigenvalue weighted by Gasteiger charge is 2.37. The van der Waals surface area contributed by atoms with Crippen LogP contribution in [0.5, 0.6) is 0 Å². The average Bonchev–Trinajstić information content (AvgIpc) is 3.25. The van der Waals surface area contributed by atoms with Crippen molar-refractivity contribution < 1.29 is 4.79 Å². The Balaban J connectivity index is 1.35. The summed E-state index contributed by atoms with van der Waals surface area (Å²) in [7, 11) is 0. The standard InChI is InChI=1S/C25H29N5O/c1-25(2)17-22(19-9-5-3-6-10-19)27-23-21(18-26-30(23)25)24(31)29-15-13-28(14-16-29)20-11-7-4-8-12-20/h3-12,18,22,27H,13-17H2,1-2H3. The molecule has 1 N–H and O–H groups in total. The molecular weight excluding hydrogens is 386 g/mol. The average molecular weight is 416 g/mol. The van der Waals surface area contributed by atoms with Crippen LogP contribution in [-0.2, 0) is 5.54 Å². The summed E-state index contributed by atoms with van der Waals surface area (Å²) in [6.45, 7) is 7.48. The van der Waals surface area contributed by atoms with Gasteiger partial charge in [-0.15, -0.1) is 0 Å². The van der Waals surface area contributed by atoms with Crippen LogP contribution in [0, 0.1) is 0 Å². The lowest BCUT2D eigenvalue weighted by Crippen LogP contribution is -2.49. The van der Waals surface area contributed by atoms with Crippen LogP contribution in [0.1, 0.15) is 42.2 Å². The van der Waals surface area contributed by atoms with Gasteiger partial charge >= 0.3 is 0 Å². The van der Waals surface area contributed by atoms with Crippen molar-refractivity contribution in [3.63, 3.8) is 0 Å². The Hall–Kier alpha value is -3.28. The molecular formula is C25H29N5O. The quantitative estimate of drug-likeness (QED) is 0.699. The summed E-state index contributed by atoms with van der Waals surface area (Å²) < 4.78 is 1.99. The fourth-order valence-electron chi connectivity index (χ4n) is 4.77. The van der Waals surface area contributed by atoms with Crippen LogP contribution in [0.4, 0.5) is 11.5 Å². The predicted octanol–water partition coefficient (Wildman–Crippen LogP) is 4.14. The smallest absolute Gasteiger partial charge is 0.259 e. The summed E-state index contributed by atoms with van der Waals surface area (Å²) in [4.78, 5) is 17.7. The molecule has 3 aromatic rings. The van der Waals surface area contributed by atoms with Crippen LogP contribution in [-0.4, -0.2) is 46.8 Å². The molecule has 1 fully saturated rings. The van der Waals surface area contributed by atoms with E-state index in [-0.39, 0.29) is 17.5 Å². The topological polar surface area (TPSA) is 53.4 Å². The molecule has 31 heavy (non-hydrogen) atoms. The van der Waals surface area contributed by atoms with Crippen molar-refractivity contribution >= 4 is 17.4 Å². The maximum atomic E-state index is 13.4. The number of nitrogens with one attached hydrogen (secondary N) is 1. The maximum Gasteiger partial charge on any atom is 0.259 e. The van der Waals surface area contributed by atoms with Crippen molar-refractivity contribution in [2.45, 2.75) is 31.8 Å². The van der Waals surface area contributed by atoms with E-state index in [1.807, 2.05) is 21.7 Å². The molecule has 0 spiro atoms. The van der Waals surface area contributed by atoms with Crippen LogP contribution in [0.15, 0.2) is 66.9 Å². The van der Waals surface area contributed by atoms with E-state index in [0.29, 0.717) is 18.7 Å². The summed E-state index contributed by atoms with van der Waals surface area (Å²) in [6, 6.07) is 21.0. The molecule has 1 unspecified atom stereocenters. The number of anilines is 2. The second-order valence-corrected chi connectivity index (χ2v) is 9.06. The van der Waals surface area contributed by atoms with Crippen LogP contribution in [0.2, 0.25) is 0 Å². The van der Waals surface area contributed by atoms with Gasteiger partial charge in [0.15, 0.2) is 0 Å². The minimum Gasteiger partial charge on any atom is -0.368 e. The number of aromatic nitrogens is 2. The first kappa shape index (κ1) is 19.7. The number of fused-ring (bicyclic) bond motifs is 1. The second-order valence-electron chi connectivity index (χ2n) is 9.06. The van der Waals surface area contributed by atoms with Gasteiger partial charge in [-0.2, -0.15) is 5.10 Å². The number of carbonyl (C=O) groups excluding carboxylic acids is 1. The number of benzene rings is 2. The Morgan fingerprint density at radius 1 is 0.968 bits per heavy atom. The lowest BCUT2D eigenvalue weighted by Gasteiger charge is -2.39. The van der Waals surface area contributed by atoms with E-state index < -0.39 is 0 Å². The van der Waals surface area contributed by atoms with Crippen LogP contribution in [0.3, 0.4) is 0 Å². The van der Waals surface area contributed by atoms with Gasteiger partial charge in [-0.1, -0.05) is 48.5 Å². The van der Waals surface area contributed by atoms with E-state index in [1.165, 1.54) is 11.3 Å². The number of piperazine rings is 1. The first-order chi connectivity index (χ1) is 15.0. The number of rotatable bonds is 3. The van der Waals surface area contributed by atoms with Gasteiger partial charge in [-0.25, -0.2) is 4.68 Å². The van der Waals surface area contributed by atoms with Gasteiger partial charge in [0.1, 0.15) is 11.4 Å². The summed E-state index contributed by atoms with van der Waals surface area (Å²) in [6.07, 6.45) is 2.65. The normalized spacial score (nSPS) is 20.1. The Morgan fingerprint density at radius 3 is 2.29 bits per heavy atom. The van der Waals surface area contributed by atoms with E-state index in [1.54, 1.807) is 6.20 Å². The molecule has 0 bridgehead atoms. The van der Waals surface area contributed by atoms with E-state index in [4.69, 9.17) is 0 Å². The summed E-state index contributed by atoms with van der Waals surface area (Å²) in [5.41, 5.74) is 2.94. The molecule has 2 aliphatic heterocycles. The monoisotopic (exact) mass is 415 g/mol.